The average molecular weight is 806 g/mol. The molecule has 0 aliphatic rings. The Kier molecular flexibility index (Phi) is 10.8. The van der Waals surface area contributed by atoms with Crippen molar-refractivity contribution >= 4 is 37.2 Å². The third-order valence-corrected chi connectivity index (χ3v) is 11.5. The first-order valence-corrected chi connectivity index (χ1v) is 19.9. The van der Waals surface area contributed by atoms with Crippen LogP contribution in [0.1, 0.15) is 5.56 Å². The normalized spacial score (nSPS) is 10.9. The van der Waals surface area contributed by atoms with Crippen LogP contribution in [0, 0.1) is 37.3 Å². The summed E-state index contributed by atoms with van der Waals surface area (Å²) < 4.78 is 20.5. The number of hydrogen-bond donors (Lipinski definition) is 0. The molecule has 7 rings (SSSR count). The predicted octanol–water partition coefficient (Wildman–Crippen LogP) is 10.1. The predicted molar refractivity (Wildman–Crippen MR) is 216 cm³/mol. The minimum Gasteiger partial charge on any atom is -0.258 e. The molecule has 7 aromatic rings. The van der Waals surface area contributed by atoms with Crippen molar-refractivity contribution in [3.8, 4) is 62.1 Å². The molecule has 0 saturated carbocycles. The average Bonchev–Trinajstić information content (AvgIpc) is 3.20. The summed E-state index contributed by atoms with van der Waals surface area (Å²) in [6, 6.07) is 45.1. The van der Waals surface area contributed by atoms with Gasteiger partial charge in [0.25, 0.3) is 5.69 Å². The Morgan fingerprint density at radius 1 is 0.411 bits per heavy atom. The molecule has 0 radical (unpaired) electrons. The second kappa shape index (κ2) is 16.4. The van der Waals surface area contributed by atoms with Gasteiger partial charge >= 0.3 is 249 Å². The van der Waals surface area contributed by atoms with Gasteiger partial charge in [-0.25, -0.2) is 0 Å². The van der Waals surface area contributed by atoms with Crippen LogP contribution in [0.2, 0.25) is 0 Å². The summed E-state index contributed by atoms with van der Waals surface area (Å²) in [5.74, 6) is 2.35. The topological polar surface area (TPSA) is 157 Å². The first-order valence-electron chi connectivity index (χ1n) is 17.3. The number of aryl methyl sites for hydroxylation is 1. The number of nitro groups is 3. The Bertz CT molecular complexity index is 2570. The Labute approximate surface area is 326 Å². The van der Waals surface area contributed by atoms with Crippen LogP contribution < -0.4 is 17.6 Å². The molecule has 0 N–H and O–H groups in total. The molecule has 13 heteroatoms. The molecule has 0 bridgehead atoms. The van der Waals surface area contributed by atoms with Crippen LogP contribution in [0.4, 0.5) is 17.1 Å². The maximum atomic E-state index is 11.4. The van der Waals surface area contributed by atoms with Crippen molar-refractivity contribution in [2.24, 2.45) is 0 Å². The van der Waals surface area contributed by atoms with E-state index < -0.39 is 30.5 Å². The van der Waals surface area contributed by atoms with Gasteiger partial charge in [-0.15, -0.1) is 0 Å². The molecule has 0 aromatic heterocycles. The van der Waals surface area contributed by atoms with E-state index >= 15 is 0 Å². The monoisotopic (exact) mass is 807 g/mol. The molecule has 0 heterocycles. The molecule has 0 fully saturated rings. The summed E-state index contributed by atoms with van der Waals surface area (Å²) in [5.41, 5.74) is 5.18. The van der Waals surface area contributed by atoms with Crippen LogP contribution >= 0.6 is 0 Å². The maximum absolute atomic E-state index is 11.4. The van der Waals surface area contributed by atoms with Crippen LogP contribution in [-0.2, 0) is 0 Å². The van der Waals surface area contributed by atoms with E-state index in [9.17, 15) is 30.3 Å². The molecule has 56 heavy (non-hydrogen) atoms. The van der Waals surface area contributed by atoms with Crippen LogP contribution in [-0.4, -0.2) is 30.5 Å². The molecule has 0 saturated heterocycles. The van der Waals surface area contributed by atoms with Crippen LogP contribution in [0.25, 0.3) is 33.4 Å². The molecule has 0 amide bonds. The summed E-state index contributed by atoms with van der Waals surface area (Å²) >= 11 is -1.69. The van der Waals surface area contributed by atoms with E-state index in [2.05, 4.69) is 0 Å². The van der Waals surface area contributed by atoms with Gasteiger partial charge in [0, 0.05) is 12.1 Å². The summed E-state index contributed by atoms with van der Waals surface area (Å²) in [6.45, 7) is 1.92. The van der Waals surface area contributed by atoms with Crippen molar-refractivity contribution in [1.82, 2.24) is 0 Å². The van der Waals surface area contributed by atoms with Gasteiger partial charge in [-0.3, -0.25) is 20.2 Å². The van der Waals surface area contributed by atoms with E-state index in [0.29, 0.717) is 39.9 Å². The molecule has 0 atom stereocenters. The van der Waals surface area contributed by atoms with Crippen molar-refractivity contribution in [3.63, 3.8) is 0 Å². The van der Waals surface area contributed by atoms with Crippen LogP contribution in [0.3, 0.4) is 0 Å². The molecule has 0 aliphatic carbocycles. The smallest absolute Gasteiger partial charge is 0.258 e. The molecule has 0 spiro atoms. The van der Waals surface area contributed by atoms with E-state index in [0.717, 1.165) is 32.2 Å². The van der Waals surface area contributed by atoms with E-state index in [-0.39, 0.29) is 17.1 Å². The van der Waals surface area contributed by atoms with Crippen molar-refractivity contribution in [2.75, 3.05) is 0 Å². The third-order valence-electron chi connectivity index (χ3n) is 8.77. The Hall–Kier alpha value is -7.32. The van der Waals surface area contributed by atoms with Gasteiger partial charge in [-0.05, 0) is 24.6 Å². The first-order chi connectivity index (χ1) is 27.1. The van der Waals surface area contributed by atoms with Gasteiger partial charge in [0.05, 0.1) is 9.85 Å². The Balaban J connectivity index is 1.26. The molecule has 0 unspecified atom stereocenters. The number of benzene rings is 7. The number of rotatable bonds is 13. The molecular formula is C43H31GeN3O9. The number of hydrogen-bond acceptors (Lipinski definition) is 9. The van der Waals surface area contributed by atoms with Crippen molar-refractivity contribution in [1.29, 1.82) is 0 Å². The molecular weight excluding hydrogens is 775 g/mol. The Morgan fingerprint density at radius 2 is 0.768 bits per heavy atom. The van der Waals surface area contributed by atoms with E-state index in [4.69, 9.17) is 13.2 Å². The minimum atomic E-state index is -1.69. The number of nitro benzene ring substituents is 3. The summed E-state index contributed by atoms with van der Waals surface area (Å²) in [4.78, 5) is 32.6. The van der Waals surface area contributed by atoms with Crippen LogP contribution in [0.15, 0.2) is 158 Å². The zero-order valence-electron chi connectivity index (χ0n) is 29.7. The van der Waals surface area contributed by atoms with Gasteiger partial charge in [0.15, 0.2) is 0 Å². The molecule has 0 aliphatic heterocycles. The second-order valence-electron chi connectivity index (χ2n) is 12.8. The number of non-ortho nitro benzene ring substituents is 3. The van der Waals surface area contributed by atoms with E-state index in [1.165, 1.54) is 36.4 Å². The zero-order valence-corrected chi connectivity index (χ0v) is 32.7. The minimum absolute atomic E-state index is 0.00979. The second-order valence-corrected chi connectivity index (χ2v) is 15.7. The fourth-order valence-corrected chi connectivity index (χ4v) is 8.07. The molecule has 7 aromatic carbocycles. The van der Waals surface area contributed by atoms with Crippen molar-refractivity contribution in [3.05, 3.63) is 194 Å². The summed E-state index contributed by atoms with van der Waals surface area (Å²) in [5, 5.41) is 34.0. The SMILES string of the molecule is Cc1cc(Oc2cc(Oc3cc([O][GeH2][c]4ccccc4)cc(-c4ccc([N+](=O)[O-])cc4)c3)cc(-c3ccc([N+](=O)[O-])cc3)c2)cc(-c2ccc([N+](=O)[O-])cc2)c1. The molecule has 276 valence electrons. The summed E-state index contributed by atoms with van der Waals surface area (Å²) in [7, 11) is 0. The molecule has 12 nitrogen and oxygen atoms in total. The van der Waals surface area contributed by atoms with Crippen molar-refractivity contribution < 1.29 is 28.0 Å². The van der Waals surface area contributed by atoms with Gasteiger partial charge in [-0.2, -0.15) is 0 Å². The van der Waals surface area contributed by atoms with Gasteiger partial charge < -0.3 is 0 Å². The van der Waals surface area contributed by atoms with Crippen molar-refractivity contribution in [2.45, 2.75) is 6.92 Å². The quantitative estimate of drug-likeness (QED) is 0.0628. The van der Waals surface area contributed by atoms with Crippen LogP contribution in [0.5, 0.6) is 28.7 Å². The fraction of sp³-hybridized carbons (Fsp3) is 0.0233. The standard InChI is InChI=1S/C43H31GeN3O9/c1-28-19-32(29-7-13-36(14-8-29)45(48)49)21-39(20-28)54-40-22-33(30-9-15-37(16-10-30)46(50)51)23-41(26-40)55-42-24-34(31-11-17-38(18-12-31)47(52)53)25-43(27-42)56-44-35-5-3-2-4-6-35/h2-27H,44H2,1H3. The third kappa shape index (κ3) is 9.06. The van der Waals surface area contributed by atoms with Gasteiger partial charge in [0.2, 0.25) is 0 Å². The van der Waals surface area contributed by atoms with E-state index in [1.807, 2.05) is 67.6 Å². The van der Waals surface area contributed by atoms with E-state index in [1.54, 1.807) is 60.7 Å². The first kappa shape index (κ1) is 37.0. The zero-order chi connectivity index (χ0) is 39.2. The number of nitrogens with zero attached hydrogens (tertiary/aromatic N) is 3. The Morgan fingerprint density at radius 3 is 1.18 bits per heavy atom. The summed E-state index contributed by atoms with van der Waals surface area (Å²) in [6.07, 6.45) is 0. The number of ether oxygens (including phenoxy) is 2. The van der Waals surface area contributed by atoms with Gasteiger partial charge in [-0.1, -0.05) is 6.07 Å². The fourth-order valence-electron chi connectivity index (χ4n) is 6.05. The van der Waals surface area contributed by atoms with Gasteiger partial charge in [0.1, 0.15) is 0 Å².